The van der Waals surface area contributed by atoms with E-state index in [1.807, 2.05) is 0 Å². The van der Waals surface area contributed by atoms with Crippen LogP contribution in [0.15, 0.2) is 29.4 Å². The van der Waals surface area contributed by atoms with Crippen LogP contribution in [0, 0.1) is 4.91 Å². The topological polar surface area (TPSA) is 78.8 Å². The Morgan fingerprint density at radius 1 is 1.46 bits per heavy atom. The van der Waals surface area contributed by atoms with Gasteiger partial charge in [-0.25, -0.2) is 0 Å². The van der Waals surface area contributed by atoms with Gasteiger partial charge >= 0.3 is 5.97 Å². The predicted octanol–water partition coefficient (Wildman–Crippen LogP) is 1.58. The molecule has 0 unspecified atom stereocenters. The van der Waals surface area contributed by atoms with E-state index in [0.717, 1.165) is 0 Å². The minimum absolute atomic E-state index is 0.212. The van der Waals surface area contributed by atoms with Crippen molar-refractivity contribution in [3.05, 3.63) is 29.2 Å². The number of hydrogen-bond donors (Lipinski definition) is 2. The maximum atomic E-state index is 10.2. The molecular weight excluding hydrogens is 172 g/mol. The van der Waals surface area contributed by atoms with Crippen LogP contribution in [0.1, 0.15) is 0 Å². The molecular formula is C8H8N2O3. The molecule has 0 aliphatic heterocycles. The average molecular weight is 180 g/mol. The van der Waals surface area contributed by atoms with Crippen LogP contribution in [0.25, 0.3) is 0 Å². The summed E-state index contributed by atoms with van der Waals surface area (Å²) in [6.07, 6.45) is 0. The van der Waals surface area contributed by atoms with Gasteiger partial charge in [0.25, 0.3) is 0 Å². The van der Waals surface area contributed by atoms with Crippen molar-refractivity contribution in [2.75, 3.05) is 11.9 Å². The Morgan fingerprint density at radius 3 is 2.77 bits per heavy atom. The minimum Gasteiger partial charge on any atom is -0.480 e. The van der Waals surface area contributed by atoms with E-state index in [1.54, 1.807) is 18.2 Å². The Hall–Kier alpha value is -1.91. The number of anilines is 1. The number of nitrogens with zero attached hydrogens (tertiary/aromatic N) is 1. The zero-order chi connectivity index (χ0) is 9.68. The van der Waals surface area contributed by atoms with Gasteiger partial charge in [-0.05, 0) is 17.3 Å². The van der Waals surface area contributed by atoms with Crippen LogP contribution in [-0.2, 0) is 4.79 Å². The molecule has 2 N–H and O–H groups in total. The van der Waals surface area contributed by atoms with Crippen molar-refractivity contribution in [3.8, 4) is 0 Å². The first-order valence-corrected chi connectivity index (χ1v) is 3.62. The molecule has 1 aromatic carbocycles. The summed E-state index contributed by atoms with van der Waals surface area (Å²) in [5, 5.41) is 13.7. The van der Waals surface area contributed by atoms with Crippen molar-refractivity contribution in [1.82, 2.24) is 0 Å². The first-order chi connectivity index (χ1) is 6.24. The van der Waals surface area contributed by atoms with Gasteiger partial charge in [-0.15, -0.1) is 4.91 Å². The zero-order valence-corrected chi connectivity index (χ0v) is 6.73. The van der Waals surface area contributed by atoms with E-state index in [0.29, 0.717) is 5.69 Å². The van der Waals surface area contributed by atoms with Gasteiger partial charge < -0.3 is 10.4 Å². The maximum Gasteiger partial charge on any atom is 0.322 e. The summed E-state index contributed by atoms with van der Waals surface area (Å²) in [4.78, 5) is 20.4. The molecule has 0 amide bonds. The Kier molecular flexibility index (Phi) is 2.97. The lowest BCUT2D eigenvalue weighted by molar-refractivity contribution is -0.134. The van der Waals surface area contributed by atoms with E-state index < -0.39 is 5.97 Å². The number of carbonyl (C=O) groups is 1. The molecule has 13 heavy (non-hydrogen) atoms. The molecule has 0 saturated heterocycles. The van der Waals surface area contributed by atoms with Crippen LogP contribution < -0.4 is 5.32 Å². The lowest BCUT2D eigenvalue weighted by Crippen LogP contribution is -2.12. The lowest BCUT2D eigenvalue weighted by Gasteiger charge is -2.03. The Morgan fingerprint density at radius 2 is 2.15 bits per heavy atom. The number of carboxylic acids is 1. The number of nitroso groups, excluding NO2 is 1. The van der Waals surface area contributed by atoms with Crippen molar-refractivity contribution < 1.29 is 9.90 Å². The number of rotatable bonds is 4. The SMILES string of the molecule is O=Nc1ccccc1NCC(=O)O. The predicted molar refractivity (Wildman–Crippen MR) is 48.0 cm³/mol. The quantitative estimate of drug-likeness (QED) is 0.689. The van der Waals surface area contributed by atoms with E-state index >= 15 is 0 Å². The van der Waals surface area contributed by atoms with Crippen LogP contribution in [0.3, 0.4) is 0 Å². The Labute approximate surface area is 74.4 Å². The molecule has 0 heterocycles. The molecule has 0 fully saturated rings. The fraction of sp³-hybridized carbons (Fsp3) is 0.125. The van der Waals surface area contributed by atoms with Gasteiger partial charge in [-0.3, -0.25) is 4.79 Å². The van der Waals surface area contributed by atoms with Gasteiger partial charge in [0, 0.05) is 0 Å². The van der Waals surface area contributed by atoms with Crippen molar-refractivity contribution >= 4 is 17.3 Å². The standard InChI is InChI=1S/C8H8N2O3/c11-8(12)5-9-6-3-1-2-4-7(6)10-13/h1-4,9H,5H2,(H,11,12). The third-order valence-corrected chi connectivity index (χ3v) is 1.43. The number of para-hydroxylation sites is 1. The zero-order valence-electron chi connectivity index (χ0n) is 6.73. The number of benzene rings is 1. The van der Waals surface area contributed by atoms with Crippen LogP contribution in [0.5, 0.6) is 0 Å². The van der Waals surface area contributed by atoms with Crippen LogP contribution in [0.2, 0.25) is 0 Å². The average Bonchev–Trinajstić information content (AvgIpc) is 2.15. The van der Waals surface area contributed by atoms with E-state index in [4.69, 9.17) is 5.11 Å². The first-order valence-electron chi connectivity index (χ1n) is 3.62. The van der Waals surface area contributed by atoms with Crippen molar-refractivity contribution in [2.45, 2.75) is 0 Å². The van der Waals surface area contributed by atoms with Gasteiger partial charge in [0.15, 0.2) is 0 Å². The molecule has 5 nitrogen and oxygen atoms in total. The summed E-state index contributed by atoms with van der Waals surface area (Å²) in [6, 6.07) is 6.46. The van der Waals surface area contributed by atoms with Gasteiger partial charge in [-0.1, -0.05) is 12.1 Å². The van der Waals surface area contributed by atoms with Gasteiger partial charge in [-0.2, -0.15) is 0 Å². The Bertz CT molecular complexity index is 325. The molecule has 0 bridgehead atoms. The monoisotopic (exact) mass is 180 g/mol. The van der Waals surface area contributed by atoms with E-state index in [2.05, 4.69) is 10.5 Å². The molecule has 0 aliphatic carbocycles. The summed E-state index contributed by atoms with van der Waals surface area (Å²) in [5.74, 6) is -0.985. The third kappa shape index (κ3) is 2.55. The second kappa shape index (κ2) is 4.20. The minimum atomic E-state index is -0.985. The lowest BCUT2D eigenvalue weighted by atomic mass is 10.3. The summed E-state index contributed by atoms with van der Waals surface area (Å²) in [7, 11) is 0. The molecule has 0 aromatic heterocycles. The van der Waals surface area contributed by atoms with Crippen LogP contribution in [-0.4, -0.2) is 17.6 Å². The summed E-state index contributed by atoms with van der Waals surface area (Å²) in [5.41, 5.74) is 0.642. The second-order valence-electron chi connectivity index (χ2n) is 2.36. The highest BCUT2D eigenvalue weighted by atomic mass is 16.4. The van der Waals surface area contributed by atoms with Crippen molar-refractivity contribution in [1.29, 1.82) is 0 Å². The van der Waals surface area contributed by atoms with Crippen molar-refractivity contribution in [3.63, 3.8) is 0 Å². The van der Waals surface area contributed by atoms with E-state index in [-0.39, 0.29) is 12.2 Å². The fourth-order valence-electron chi connectivity index (χ4n) is 0.874. The van der Waals surface area contributed by atoms with E-state index in [9.17, 15) is 9.70 Å². The molecule has 1 aromatic rings. The molecule has 0 radical (unpaired) electrons. The van der Waals surface area contributed by atoms with Gasteiger partial charge in [0.2, 0.25) is 0 Å². The summed E-state index contributed by atoms with van der Waals surface area (Å²) < 4.78 is 0. The van der Waals surface area contributed by atoms with Crippen LogP contribution in [0.4, 0.5) is 11.4 Å². The smallest absolute Gasteiger partial charge is 0.322 e. The number of carboxylic acid groups (broad SMARTS) is 1. The highest BCUT2D eigenvalue weighted by molar-refractivity contribution is 5.75. The molecule has 0 spiro atoms. The molecule has 0 saturated carbocycles. The van der Waals surface area contributed by atoms with E-state index in [1.165, 1.54) is 6.07 Å². The summed E-state index contributed by atoms with van der Waals surface area (Å²) >= 11 is 0. The number of hydrogen-bond acceptors (Lipinski definition) is 4. The van der Waals surface area contributed by atoms with Crippen molar-refractivity contribution in [2.24, 2.45) is 5.18 Å². The molecule has 68 valence electrons. The number of nitrogens with one attached hydrogen (secondary N) is 1. The summed E-state index contributed by atoms with van der Waals surface area (Å²) in [6.45, 7) is -0.230. The third-order valence-electron chi connectivity index (χ3n) is 1.43. The first kappa shape index (κ1) is 9.18. The number of aliphatic carboxylic acids is 1. The van der Waals surface area contributed by atoms with Crippen LogP contribution >= 0.6 is 0 Å². The highest BCUT2D eigenvalue weighted by Crippen LogP contribution is 2.22. The fourth-order valence-corrected chi connectivity index (χ4v) is 0.874. The highest BCUT2D eigenvalue weighted by Gasteiger charge is 2.02. The second-order valence-corrected chi connectivity index (χ2v) is 2.36. The molecule has 0 atom stereocenters. The largest absolute Gasteiger partial charge is 0.480 e. The van der Waals surface area contributed by atoms with Gasteiger partial charge in [0.05, 0.1) is 5.69 Å². The van der Waals surface area contributed by atoms with Gasteiger partial charge in [0.1, 0.15) is 12.2 Å². The normalized spacial score (nSPS) is 9.23. The Balaban J connectivity index is 2.75. The molecule has 0 aliphatic rings. The molecule has 1 rings (SSSR count). The molecule has 5 heteroatoms. The maximum absolute atomic E-state index is 10.2.